The summed E-state index contributed by atoms with van der Waals surface area (Å²) in [6.07, 6.45) is 3.30. The lowest BCUT2D eigenvalue weighted by molar-refractivity contribution is 0.00529. The van der Waals surface area contributed by atoms with Gasteiger partial charge >= 0.3 is 0 Å². The van der Waals surface area contributed by atoms with E-state index in [4.69, 9.17) is 13.9 Å². The van der Waals surface area contributed by atoms with Crippen LogP contribution in [0.2, 0.25) is 13.1 Å². The van der Waals surface area contributed by atoms with Gasteiger partial charge in [-0.15, -0.1) is 0 Å². The molecule has 3 rings (SSSR count). The first-order chi connectivity index (χ1) is 11.4. The number of benzene rings is 1. The molecule has 0 spiro atoms. The maximum Gasteiger partial charge on any atom is 0.205 e. The Morgan fingerprint density at radius 1 is 1.21 bits per heavy atom. The summed E-state index contributed by atoms with van der Waals surface area (Å²) in [5.41, 5.74) is 2.60. The van der Waals surface area contributed by atoms with Crippen molar-refractivity contribution in [1.29, 1.82) is 0 Å². The van der Waals surface area contributed by atoms with Crippen molar-refractivity contribution in [3.8, 4) is 0 Å². The summed E-state index contributed by atoms with van der Waals surface area (Å²) in [7, 11) is -0.777. The van der Waals surface area contributed by atoms with Crippen molar-refractivity contribution in [2.75, 3.05) is 6.61 Å². The first-order valence-corrected chi connectivity index (χ1v) is 11.5. The Bertz CT molecular complexity index is 532. The molecule has 2 aliphatic rings. The first-order valence-electron chi connectivity index (χ1n) is 9.14. The number of epoxide rings is 1. The van der Waals surface area contributed by atoms with Crippen LogP contribution < -0.4 is 0 Å². The van der Waals surface area contributed by atoms with Crippen LogP contribution in [0.4, 0.5) is 0 Å². The minimum absolute atomic E-state index is 0.0630. The highest BCUT2D eigenvalue weighted by molar-refractivity contribution is 6.48. The Labute approximate surface area is 148 Å². The Kier molecular flexibility index (Phi) is 5.50. The van der Waals surface area contributed by atoms with Crippen LogP contribution in [-0.4, -0.2) is 27.9 Å². The maximum absolute atomic E-state index is 6.39. The second kappa shape index (κ2) is 7.28. The molecule has 0 aromatic heterocycles. The third kappa shape index (κ3) is 4.69. The van der Waals surface area contributed by atoms with Crippen LogP contribution in [-0.2, 0) is 20.5 Å². The molecule has 1 saturated heterocycles. The highest BCUT2D eigenvalue weighted by Gasteiger charge is 2.43. The summed E-state index contributed by atoms with van der Waals surface area (Å²) in [5.74, 6) is 0.709. The van der Waals surface area contributed by atoms with Crippen LogP contribution in [0.3, 0.4) is 0 Å². The van der Waals surface area contributed by atoms with Crippen LogP contribution in [0.25, 0.3) is 0 Å². The third-order valence-corrected chi connectivity index (χ3v) is 5.43. The predicted molar refractivity (Wildman–Crippen MR) is 98.2 cm³/mol. The molecule has 1 aliphatic carbocycles. The zero-order valence-electron chi connectivity index (χ0n) is 15.7. The minimum Gasteiger partial charge on any atom is -0.410 e. The molecule has 0 bridgehead atoms. The van der Waals surface area contributed by atoms with Crippen molar-refractivity contribution in [2.45, 2.75) is 71.6 Å². The van der Waals surface area contributed by atoms with Crippen LogP contribution >= 0.6 is 0 Å². The molecular weight excluding hydrogens is 316 g/mol. The summed E-state index contributed by atoms with van der Waals surface area (Å²) in [4.78, 5) is 0. The fourth-order valence-corrected chi connectivity index (χ4v) is 4.22. The smallest absolute Gasteiger partial charge is 0.205 e. The molecule has 1 aromatic rings. The highest BCUT2D eigenvalue weighted by atomic mass is 28.3. The highest BCUT2D eigenvalue weighted by Crippen LogP contribution is 2.41. The van der Waals surface area contributed by atoms with Crippen LogP contribution in [0.1, 0.15) is 50.8 Å². The van der Waals surface area contributed by atoms with Gasteiger partial charge in [-0.3, -0.25) is 0 Å². The Hall–Kier alpha value is -0.683. The Morgan fingerprint density at radius 2 is 1.88 bits per heavy atom. The van der Waals surface area contributed by atoms with Gasteiger partial charge in [0.15, 0.2) is 0 Å². The molecule has 4 heteroatoms. The van der Waals surface area contributed by atoms with Gasteiger partial charge in [0.25, 0.3) is 0 Å². The molecule has 3 atom stereocenters. The molecular formula is C20H31O3Si. The monoisotopic (exact) mass is 347 g/mol. The SMILES string of the molecule is C[Si](C)OC(c1ccccc1CO[C@@H](C1CC1)[C@H]1CO1)C(C)(C)C. The molecule has 1 unspecified atom stereocenters. The van der Waals surface area contributed by atoms with Gasteiger partial charge in [0.2, 0.25) is 9.04 Å². The van der Waals surface area contributed by atoms with Gasteiger partial charge in [-0.05, 0) is 48.4 Å². The minimum atomic E-state index is -0.777. The first kappa shape index (κ1) is 18.1. The zero-order chi connectivity index (χ0) is 17.3. The lowest BCUT2D eigenvalue weighted by atomic mass is 9.83. The summed E-state index contributed by atoms with van der Waals surface area (Å²) in [6.45, 7) is 12.7. The average Bonchev–Trinajstić information content (AvgIpc) is 3.37. The molecule has 133 valence electrons. The van der Waals surface area contributed by atoms with Gasteiger partial charge in [0.1, 0.15) is 6.10 Å². The van der Waals surface area contributed by atoms with Crippen molar-refractivity contribution in [1.82, 2.24) is 0 Å². The van der Waals surface area contributed by atoms with Gasteiger partial charge < -0.3 is 13.9 Å². The zero-order valence-corrected chi connectivity index (χ0v) is 16.7. The molecule has 1 aromatic carbocycles. The van der Waals surface area contributed by atoms with E-state index >= 15 is 0 Å². The molecule has 1 radical (unpaired) electrons. The largest absolute Gasteiger partial charge is 0.410 e. The topological polar surface area (TPSA) is 31.0 Å². The molecule has 2 fully saturated rings. The summed E-state index contributed by atoms with van der Waals surface area (Å²) >= 11 is 0. The Balaban J connectivity index is 1.75. The lowest BCUT2D eigenvalue weighted by Gasteiger charge is -2.34. The second-order valence-electron chi connectivity index (χ2n) is 8.46. The van der Waals surface area contributed by atoms with Gasteiger partial charge in [-0.2, -0.15) is 0 Å². The molecule has 1 saturated carbocycles. The number of hydrogen-bond acceptors (Lipinski definition) is 3. The van der Waals surface area contributed by atoms with E-state index in [1.54, 1.807) is 0 Å². The fraction of sp³-hybridized carbons (Fsp3) is 0.700. The quantitative estimate of drug-likeness (QED) is 0.503. The van der Waals surface area contributed by atoms with E-state index in [-0.39, 0.29) is 17.6 Å². The van der Waals surface area contributed by atoms with Crippen molar-refractivity contribution in [3.05, 3.63) is 35.4 Å². The van der Waals surface area contributed by atoms with Crippen molar-refractivity contribution in [3.63, 3.8) is 0 Å². The fourth-order valence-electron chi connectivity index (χ4n) is 3.27. The summed E-state index contributed by atoms with van der Waals surface area (Å²) < 4.78 is 18.2. The molecule has 24 heavy (non-hydrogen) atoms. The van der Waals surface area contributed by atoms with Crippen LogP contribution in [0.5, 0.6) is 0 Å². The van der Waals surface area contributed by atoms with Gasteiger partial charge in [0.05, 0.1) is 25.4 Å². The standard InChI is InChI=1S/C20H31O3Si/c1-20(2,3)19(23-24(4)5)16-9-7-6-8-15(16)12-22-18(14-10-11-14)17-13-21-17/h6-9,14,17-19H,10-13H2,1-5H3/t17-,18+,19?/m1/s1. The maximum atomic E-state index is 6.39. The number of hydrogen-bond donors (Lipinski definition) is 0. The van der Waals surface area contributed by atoms with E-state index in [1.807, 2.05) is 0 Å². The van der Waals surface area contributed by atoms with Crippen molar-refractivity contribution >= 4 is 9.04 Å². The van der Waals surface area contributed by atoms with Gasteiger partial charge in [-0.1, -0.05) is 45.0 Å². The normalized spacial score (nSPS) is 23.3. The molecule has 3 nitrogen and oxygen atoms in total. The Morgan fingerprint density at radius 3 is 2.42 bits per heavy atom. The number of rotatable bonds is 8. The van der Waals surface area contributed by atoms with Crippen molar-refractivity contribution < 1.29 is 13.9 Å². The average molecular weight is 348 g/mol. The third-order valence-electron chi connectivity index (χ3n) is 4.72. The van der Waals surface area contributed by atoms with Crippen molar-refractivity contribution in [2.24, 2.45) is 11.3 Å². The summed E-state index contributed by atoms with van der Waals surface area (Å²) in [5, 5.41) is 0. The second-order valence-corrected chi connectivity index (χ2v) is 10.5. The molecule has 0 N–H and O–H groups in total. The number of ether oxygens (including phenoxy) is 2. The van der Waals surface area contributed by atoms with Crippen LogP contribution in [0.15, 0.2) is 24.3 Å². The molecule has 1 aliphatic heterocycles. The lowest BCUT2D eigenvalue weighted by Crippen LogP contribution is -2.27. The summed E-state index contributed by atoms with van der Waals surface area (Å²) in [6, 6.07) is 8.61. The van der Waals surface area contributed by atoms with Gasteiger partial charge in [0, 0.05) is 0 Å². The predicted octanol–water partition coefficient (Wildman–Crippen LogP) is 4.74. The molecule has 0 amide bonds. The van der Waals surface area contributed by atoms with E-state index in [0.717, 1.165) is 6.61 Å². The van der Waals surface area contributed by atoms with E-state index in [1.165, 1.54) is 24.0 Å². The van der Waals surface area contributed by atoms with Crippen LogP contribution in [0, 0.1) is 11.3 Å². The van der Waals surface area contributed by atoms with Gasteiger partial charge in [-0.25, -0.2) is 0 Å². The van der Waals surface area contributed by atoms with E-state index in [2.05, 4.69) is 58.1 Å². The van der Waals surface area contributed by atoms with E-state index in [0.29, 0.717) is 18.6 Å². The molecule has 1 heterocycles. The van der Waals surface area contributed by atoms with E-state index in [9.17, 15) is 0 Å². The van der Waals surface area contributed by atoms with E-state index < -0.39 is 9.04 Å².